The molecule has 0 bridgehead atoms. The number of ether oxygens (including phenoxy) is 1. The number of carbonyl (C=O) groups excluding carboxylic acids is 1. The average Bonchev–Trinajstić information content (AvgIpc) is 2.68. The summed E-state index contributed by atoms with van der Waals surface area (Å²) in [6, 6.07) is 2.05. The highest BCUT2D eigenvalue weighted by Gasteiger charge is 2.48. The zero-order valence-electron chi connectivity index (χ0n) is 16.9. The summed E-state index contributed by atoms with van der Waals surface area (Å²) >= 11 is 0. The van der Waals surface area contributed by atoms with Gasteiger partial charge in [-0.05, 0) is 50.0 Å². The average molecular weight is 360 g/mol. The van der Waals surface area contributed by atoms with E-state index in [0.29, 0.717) is 12.3 Å². The van der Waals surface area contributed by atoms with Crippen molar-refractivity contribution in [3.8, 4) is 6.07 Å². The van der Waals surface area contributed by atoms with Gasteiger partial charge in [0.2, 0.25) is 5.76 Å². The molecular formula is C23H37NO2. The molecular weight excluding hydrogens is 322 g/mol. The summed E-state index contributed by atoms with van der Waals surface area (Å²) in [5.74, 6) is 1.37. The van der Waals surface area contributed by atoms with Gasteiger partial charge in [-0.2, -0.15) is 5.26 Å². The maximum atomic E-state index is 13.1. The van der Waals surface area contributed by atoms with Crippen LogP contribution in [0.4, 0.5) is 0 Å². The number of nitriles is 1. The van der Waals surface area contributed by atoms with Crippen LogP contribution in [0.3, 0.4) is 0 Å². The molecule has 2 fully saturated rings. The number of allylic oxidation sites excluding steroid dienone is 2. The van der Waals surface area contributed by atoms with Crippen LogP contribution >= 0.6 is 0 Å². The fourth-order valence-electron chi connectivity index (χ4n) is 5.15. The van der Waals surface area contributed by atoms with Gasteiger partial charge in [0.05, 0.1) is 5.41 Å². The lowest BCUT2D eigenvalue weighted by atomic mass is 9.60. The summed E-state index contributed by atoms with van der Waals surface area (Å²) < 4.78 is 5.60. The van der Waals surface area contributed by atoms with Crippen molar-refractivity contribution in [2.24, 2.45) is 17.3 Å². The van der Waals surface area contributed by atoms with Crippen molar-refractivity contribution in [1.29, 1.82) is 5.26 Å². The van der Waals surface area contributed by atoms with Crippen LogP contribution in [0.1, 0.15) is 104 Å². The molecule has 0 unspecified atom stereocenters. The van der Waals surface area contributed by atoms with Crippen molar-refractivity contribution in [2.45, 2.75) is 104 Å². The molecule has 2 aliphatic carbocycles. The van der Waals surface area contributed by atoms with Gasteiger partial charge in [-0.25, -0.2) is 0 Å². The summed E-state index contributed by atoms with van der Waals surface area (Å²) in [6.07, 6.45) is 18.0. The van der Waals surface area contributed by atoms with Gasteiger partial charge in [0.25, 0.3) is 0 Å². The largest absolute Gasteiger partial charge is 0.415 e. The zero-order valence-corrected chi connectivity index (χ0v) is 16.9. The monoisotopic (exact) mass is 359 g/mol. The summed E-state index contributed by atoms with van der Waals surface area (Å²) in [6.45, 7) is 4.22. The van der Waals surface area contributed by atoms with Crippen molar-refractivity contribution in [1.82, 2.24) is 0 Å². The van der Waals surface area contributed by atoms with Crippen LogP contribution in [0.5, 0.6) is 0 Å². The predicted octanol–water partition coefficient (Wildman–Crippen LogP) is 6.68. The molecule has 2 rings (SSSR count). The van der Waals surface area contributed by atoms with Crippen LogP contribution in [0.2, 0.25) is 0 Å². The minimum absolute atomic E-state index is 0.118. The third-order valence-corrected chi connectivity index (χ3v) is 6.70. The van der Waals surface area contributed by atoms with Crippen molar-refractivity contribution in [3.63, 3.8) is 0 Å². The van der Waals surface area contributed by atoms with Crippen LogP contribution < -0.4 is 0 Å². The van der Waals surface area contributed by atoms with E-state index in [2.05, 4.69) is 6.92 Å². The molecule has 0 radical (unpaired) electrons. The van der Waals surface area contributed by atoms with E-state index in [1.54, 1.807) is 6.08 Å². The number of unbranched alkanes of at least 4 members (excludes halogenated alkanes) is 2. The summed E-state index contributed by atoms with van der Waals surface area (Å²) in [7, 11) is 0. The van der Waals surface area contributed by atoms with Gasteiger partial charge in [0, 0.05) is 0 Å². The molecule has 0 aromatic rings. The molecule has 0 atom stereocenters. The van der Waals surface area contributed by atoms with E-state index in [9.17, 15) is 10.1 Å². The lowest BCUT2D eigenvalue weighted by molar-refractivity contribution is -0.159. The Balaban J connectivity index is 2.02. The van der Waals surface area contributed by atoms with E-state index in [-0.39, 0.29) is 17.1 Å². The quantitative estimate of drug-likeness (QED) is 0.210. The molecule has 0 spiro atoms. The van der Waals surface area contributed by atoms with Crippen molar-refractivity contribution >= 4 is 5.97 Å². The van der Waals surface area contributed by atoms with E-state index in [0.717, 1.165) is 44.4 Å². The fourth-order valence-corrected chi connectivity index (χ4v) is 5.15. The second-order valence-corrected chi connectivity index (χ2v) is 8.41. The van der Waals surface area contributed by atoms with Crippen LogP contribution in [0.25, 0.3) is 0 Å². The summed E-state index contributed by atoms with van der Waals surface area (Å²) in [4.78, 5) is 13.1. The highest BCUT2D eigenvalue weighted by molar-refractivity contribution is 5.78. The first-order valence-corrected chi connectivity index (χ1v) is 11.0. The molecule has 2 saturated carbocycles. The molecule has 0 saturated heterocycles. The molecule has 0 aliphatic heterocycles. The highest BCUT2D eigenvalue weighted by atomic mass is 16.5. The Kier molecular flexibility index (Phi) is 8.69. The van der Waals surface area contributed by atoms with Crippen molar-refractivity contribution < 1.29 is 9.53 Å². The van der Waals surface area contributed by atoms with E-state index >= 15 is 0 Å². The Morgan fingerprint density at radius 3 is 2.38 bits per heavy atom. The fraction of sp³-hybridized carbons (Fsp3) is 0.826. The van der Waals surface area contributed by atoms with Gasteiger partial charge in [0.15, 0.2) is 0 Å². The number of carbonyl (C=O) groups is 1. The normalized spacial score (nSPS) is 26.1. The molecule has 0 amide bonds. The Morgan fingerprint density at radius 1 is 1.12 bits per heavy atom. The Hall–Kier alpha value is -1.30. The molecule has 0 N–H and O–H groups in total. The summed E-state index contributed by atoms with van der Waals surface area (Å²) in [5.41, 5.74) is -0.337. The lowest BCUT2D eigenvalue weighted by Gasteiger charge is -2.44. The number of esters is 1. The van der Waals surface area contributed by atoms with Gasteiger partial charge in [-0.3, -0.25) is 4.79 Å². The topological polar surface area (TPSA) is 50.1 Å². The third-order valence-electron chi connectivity index (χ3n) is 6.70. The minimum atomic E-state index is -0.337. The number of rotatable bonds is 8. The molecule has 26 heavy (non-hydrogen) atoms. The number of hydrogen-bond donors (Lipinski definition) is 0. The first kappa shape index (κ1) is 21.0. The lowest BCUT2D eigenvalue weighted by Crippen LogP contribution is -2.43. The zero-order chi connectivity index (χ0) is 18.8. The Bertz CT molecular complexity index is 503. The second-order valence-electron chi connectivity index (χ2n) is 8.41. The summed E-state index contributed by atoms with van der Waals surface area (Å²) in [5, 5.41) is 9.24. The maximum Gasteiger partial charge on any atom is 0.318 e. The molecule has 146 valence electrons. The Morgan fingerprint density at radius 2 is 1.81 bits per heavy atom. The standard InChI is InChI=1S/C23H37NO2/c1-3-5-7-11-19-12-14-20(15-13-19)23(16-8-6-9-17-23)22(25)26-21(18-24)10-4-2/h10,19-20H,3-9,11-17H2,1-2H3/b21-10-. The molecule has 0 aromatic carbocycles. The first-order chi connectivity index (χ1) is 12.7. The van der Waals surface area contributed by atoms with Crippen LogP contribution in [-0.2, 0) is 9.53 Å². The van der Waals surface area contributed by atoms with Crippen molar-refractivity contribution in [2.75, 3.05) is 0 Å². The van der Waals surface area contributed by atoms with Crippen LogP contribution in [-0.4, -0.2) is 5.97 Å². The molecule has 0 heterocycles. The van der Waals surface area contributed by atoms with Crippen LogP contribution in [0.15, 0.2) is 11.8 Å². The van der Waals surface area contributed by atoms with E-state index < -0.39 is 0 Å². The molecule has 0 aromatic heterocycles. The van der Waals surface area contributed by atoms with Gasteiger partial charge in [-0.15, -0.1) is 0 Å². The predicted molar refractivity (Wildman–Crippen MR) is 105 cm³/mol. The van der Waals surface area contributed by atoms with E-state index in [1.807, 2.05) is 13.0 Å². The second kappa shape index (κ2) is 10.8. The maximum absolute atomic E-state index is 13.1. The minimum Gasteiger partial charge on any atom is -0.415 e. The van der Waals surface area contributed by atoms with Crippen LogP contribution in [0, 0.1) is 28.6 Å². The third kappa shape index (κ3) is 5.35. The van der Waals surface area contributed by atoms with Gasteiger partial charge in [0.1, 0.15) is 6.07 Å². The molecule has 3 nitrogen and oxygen atoms in total. The SMILES string of the molecule is CC/C=C(/C#N)OC(=O)C1(C2CCC(CCCCC)CC2)CCCCC1. The first-order valence-electron chi connectivity index (χ1n) is 11.0. The smallest absolute Gasteiger partial charge is 0.318 e. The van der Waals surface area contributed by atoms with Gasteiger partial charge < -0.3 is 4.74 Å². The number of nitrogens with zero attached hydrogens (tertiary/aromatic N) is 1. The van der Waals surface area contributed by atoms with Gasteiger partial charge >= 0.3 is 5.97 Å². The number of hydrogen-bond acceptors (Lipinski definition) is 3. The highest BCUT2D eigenvalue weighted by Crippen LogP contribution is 2.50. The van der Waals surface area contributed by atoms with E-state index in [4.69, 9.17) is 4.74 Å². The van der Waals surface area contributed by atoms with E-state index in [1.165, 1.54) is 44.9 Å². The van der Waals surface area contributed by atoms with Gasteiger partial charge in [-0.1, -0.05) is 71.6 Å². The Labute approximate surface area is 160 Å². The molecule has 2 aliphatic rings. The molecule has 3 heteroatoms. The van der Waals surface area contributed by atoms with Crippen molar-refractivity contribution in [3.05, 3.63) is 11.8 Å².